The van der Waals surface area contributed by atoms with E-state index in [9.17, 15) is 9.18 Å². The van der Waals surface area contributed by atoms with Crippen LogP contribution in [0.4, 0.5) is 4.39 Å². The number of ether oxygens (including phenoxy) is 1. The van der Waals surface area contributed by atoms with Gasteiger partial charge in [0, 0.05) is 49.9 Å². The number of hydrogen-bond donors (Lipinski definition) is 1. The van der Waals surface area contributed by atoms with Gasteiger partial charge in [0.25, 0.3) is 5.91 Å². The van der Waals surface area contributed by atoms with Crippen molar-refractivity contribution in [1.82, 2.24) is 20.1 Å². The SMILES string of the molecule is CC(NC(=O)COc1ccc(-c2ccc(F)cc2)cc1CN1CCN(C)CC1)c1nccs1. The lowest BCUT2D eigenvalue weighted by atomic mass is 10.0. The van der Waals surface area contributed by atoms with E-state index in [-0.39, 0.29) is 24.4 Å². The van der Waals surface area contributed by atoms with Crippen LogP contribution in [-0.4, -0.2) is 60.5 Å². The van der Waals surface area contributed by atoms with Gasteiger partial charge in [-0.1, -0.05) is 18.2 Å². The summed E-state index contributed by atoms with van der Waals surface area (Å²) >= 11 is 1.51. The summed E-state index contributed by atoms with van der Waals surface area (Å²) in [6.45, 7) is 6.56. The van der Waals surface area contributed by atoms with Crippen molar-refractivity contribution >= 4 is 17.2 Å². The van der Waals surface area contributed by atoms with Crippen LogP contribution in [-0.2, 0) is 11.3 Å². The minimum Gasteiger partial charge on any atom is -0.483 e. The van der Waals surface area contributed by atoms with Gasteiger partial charge >= 0.3 is 0 Å². The number of rotatable bonds is 8. The first kappa shape index (κ1) is 23.4. The molecule has 174 valence electrons. The lowest BCUT2D eigenvalue weighted by Gasteiger charge is -2.32. The van der Waals surface area contributed by atoms with Gasteiger partial charge < -0.3 is 15.0 Å². The highest BCUT2D eigenvalue weighted by Gasteiger charge is 2.18. The first-order valence-electron chi connectivity index (χ1n) is 11.1. The number of carbonyl (C=O) groups excluding carboxylic acids is 1. The fraction of sp³-hybridized carbons (Fsp3) is 0.360. The second kappa shape index (κ2) is 10.9. The Morgan fingerprint density at radius 2 is 1.88 bits per heavy atom. The molecule has 0 radical (unpaired) electrons. The van der Waals surface area contributed by atoms with Crippen LogP contribution in [0.25, 0.3) is 11.1 Å². The van der Waals surface area contributed by atoms with Crippen molar-refractivity contribution in [2.75, 3.05) is 39.8 Å². The van der Waals surface area contributed by atoms with Gasteiger partial charge in [0.1, 0.15) is 16.6 Å². The number of amides is 1. The maximum atomic E-state index is 13.4. The molecule has 1 aliphatic heterocycles. The molecular weight excluding hydrogens is 439 g/mol. The van der Waals surface area contributed by atoms with E-state index < -0.39 is 0 Å². The maximum absolute atomic E-state index is 13.4. The molecule has 33 heavy (non-hydrogen) atoms. The molecule has 8 heteroatoms. The zero-order chi connectivity index (χ0) is 23.2. The van der Waals surface area contributed by atoms with Crippen molar-refractivity contribution < 1.29 is 13.9 Å². The molecule has 2 heterocycles. The first-order valence-corrected chi connectivity index (χ1v) is 12.0. The number of aromatic nitrogens is 1. The average molecular weight is 469 g/mol. The normalized spacial score (nSPS) is 15.8. The molecule has 0 spiro atoms. The van der Waals surface area contributed by atoms with E-state index in [1.165, 1.54) is 23.5 Å². The fourth-order valence-electron chi connectivity index (χ4n) is 3.85. The highest BCUT2D eigenvalue weighted by atomic mass is 32.1. The predicted molar refractivity (Wildman–Crippen MR) is 129 cm³/mol. The molecule has 4 rings (SSSR count). The van der Waals surface area contributed by atoms with Crippen LogP contribution in [0.3, 0.4) is 0 Å². The summed E-state index contributed by atoms with van der Waals surface area (Å²) in [5.41, 5.74) is 2.95. The number of benzene rings is 2. The van der Waals surface area contributed by atoms with Crippen molar-refractivity contribution in [3.05, 3.63) is 70.4 Å². The quantitative estimate of drug-likeness (QED) is 0.543. The Balaban J connectivity index is 1.47. The van der Waals surface area contributed by atoms with Gasteiger partial charge in [-0.15, -0.1) is 11.3 Å². The molecule has 1 atom stereocenters. The van der Waals surface area contributed by atoms with Crippen molar-refractivity contribution in [2.45, 2.75) is 19.5 Å². The number of nitrogens with zero attached hydrogens (tertiary/aromatic N) is 3. The van der Waals surface area contributed by atoms with E-state index in [0.29, 0.717) is 5.75 Å². The van der Waals surface area contributed by atoms with Crippen molar-refractivity contribution in [3.8, 4) is 16.9 Å². The monoisotopic (exact) mass is 468 g/mol. The predicted octanol–water partition coefficient (Wildman–Crippen LogP) is 3.95. The van der Waals surface area contributed by atoms with Gasteiger partial charge in [-0.25, -0.2) is 9.37 Å². The van der Waals surface area contributed by atoms with Crippen molar-refractivity contribution in [3.63, 3.8) is 0 Å². The van der Waals surface area contributed by atoms with Crippen LogP contribution in [0.1, 0.15) is 23.5 Å². The van der Waals surface area contributed by atoms with Gasteiger partial charge in [-0.05, 0) is 49.4 Å². The third-order valence-corrected chi connectivity index (χ3v) is 6.74. The molecule has 0 saturated carbocycles. The third-order valence-electron chi connectivity index (χ3n) is 5.79. The van der Waals surface area contributed by atoms with E-state index in [1.807, 2.05) is 24.4 Å². The number of likely N-dealkylation sites (N-methyl/N-ethyl adjacent to an activating group) is 1. The zero-order valence-corrected chi connectivity index (χ0v) is 19.8. The second-order valence-electron chi connectivity index (χ2n) is 8.36. The molecular formula is C25H29FN4O2S. The lowest BCUT2D eigenvalue weighted by Crippen LogP contribution is -2.43. The number of halogens is 1. The Morgan fingerprint density at radius 3 is 2.58 bits per heavy atom. The Morgan fingerprint density at radius 1 is 1.15 bits per heavy atom. The summed E-state index contributed by atoms with van der Waals surface area (Å²) in [5, 5.41) is 5.69. The van der Waals surface area contributed by atoms with E-state index in [4.69, 9.17) is 4.74 Å². The molecule has 1 aliphatic rings. The molecule has 6 nitrogen and oxygen atoms in total. The first-order chi connectivity index (χ1) is 16.0. The molecule has 1 saturated heterocycles. The molecule has 1 amide bonds. The van der Waals surface area contributed by atoms with Crippen molar-refractivity contribution in [1.29, 1.82) is 0 Å². The van der Waals surface area contributed by atoms with Gasteiger partial charge in [-0.2, -0.15) is 0 Å². The van der Waals surface area contributed by atoms with Crippen LogP contribution in [0.15, 0.2) is 54.0 Å². The zero-order valence-electron chi connectivity index (χ0n) is 19.0. The largest absolute Gasteiger partial charge is 0.483 e. The highest BCUT2D eigenvalue weighted by Crippen LogP contribution is 2.28. The number of hydrogen-bond acceptors (Lipinski definition) is 6. The third kappa shape index (κ3) is 6.37. The minimum atomic E-state index is -0.255. The summed E-state index contributed by atoms with van der Waals surface area (Å²) in [7, 11) is 2.13. The van der Waals surface area contributed by atoms with Crippen LogP contribution < -0.4 is 10.1 Å². The maximum Gasteiger partial charge on any atom is 0.258 e. The molecule has 1 N–H and O–H groups in total. The van der Waals surface area contributed by atoms with Crippen LogP contribution in [0.2, 0.25) is 0 Å². The molecule has 1 aromatic heterocycles. The summed E-state index contributed by atoms with van der Waals surface area (Å²) < 4.78 is 19.3. The highest BCUT2D eigenvalue weighted by molar-refractivity contribution is 7.09. The van der Waals surface area contributed by atoms with Gasteiger partial charge in [-0.3, -0.25) is 9.69 Å². The molecule has 1 fully saturated rings. The van der Waals surface area contributed by atoms with E-state index in [2.05, 4.69) is 33.2 Å². The summed E-state index contributed by atoms with van der Waals surface area (Å²) in [4.78, 5) is 21.4. The Labute approximate surface area is 198 Å². The Kier molecular flexibility index (Phi) is 7.69. The van der Waals surface area contributed by atoms with Gasteiger partial charge in [0.05, 0.1) is 6.04 Å². The average Bonchev–Trinajstić information content (AvgIpc) is 3.35. The van der Waals surface area contributed by atoms with Crippen LogP contribution in [0, 0.1) is 5.82 Å². The minimum absolute atomic E-state index is 0.0681. The van der Waals surface area contributed by atoms with Gasteiger partial charge in [0.15, 0.2) is 6.61 Å². The summed E-state index contributed by atoms with van der Waals surface area (Å²) in [6.07, 6.45) is 1.73. The molecule has 3 aromatic rings. The molecule has 1 unspecified atom stereocenters. The number of thiazole rings is 1. The number of piperazine rings is 1. The standard InChI is InChI=1S/C25H29FN4O2S/c1-18(25-27-9-14-33-25)28-24(31)17-32-23-8-5-20(19-3-6-22(26)7-4-19)15-21(23)16-30-12-10-29(2)11-13-30/h3-9,14-15,18H,10-13,16-17H2,1-2H3,(H,28,31). The number of carbonyl (C=O) groups is 1. The van der Waals surface area contributed by atoms with Crippen LogP contribution in [0.5, 0.6) is 5.75 Å². The second-order valence-corrected chi connectivity index (χ2v) is 9.28. The van der Waals surface area contributed by atoms with Crippen molar-refractivity contribution in [2.24, 2.45) is 0 Å². The summed E-state index contributed by atoms with van der Waals surface area (Å²) in [6, 6.07) is 12.3. The van der Waals surface area contributed by atoms with Gasteiger partial charge in [0.2, 0.25) is 0 Å². The Hall–Kier alpha value is -2.81. The van der Waals surface area contributed by atoms with E-state index in [1.54, 1.807) is 18.3 Å². The Bertz CT molecular complexity index is 1050. The fourth-order valence-corrected chi connectivity index (χ4v) is 4.50. The van der Waals surface area contributed by atoms with E-state index >= 15 is 0 Å². The lowest BCUT2D eigenvalue weighted by molar-refractivity contribution is -0.123. The van der Waals surface area contributed by atoms with Crippen LogP contribution >= 0.6 is 11.3 Å². The molecule has 2 aromatic carbocycles. The smallest absolute Gasteiger partial charge is 0.258 e. The molecule has 0 aliphatic carbocycles. The number of nitrogens with one attached hydrogen (secondary N) is 1. The molecule has 0 bridgehead atoms. The summed E-state index contributed by atoms with van der Waals surface area (Å²) in [5.74, 6) is 0.247. The topological polar surface area (TPSA) is 57.7 Å². The van der Waals surface area contributed by atoms with E-state index in [0.717, 1.165) is 54.4 Å².